The fourth-order valence-electron chi connectivity index (χ4n) is 3.09. The highest BCUT2D eigenvalue weighted by Gasteiger charge is 2.63. The zero-order valence-corrected chi connectivity index (χ0v) is 16.2. The lowest BCUT2D eigenvalue weighted by Gasteiger charge is -2.24. The summed E-state index contributed by atoms with van der Waals surface area (Å²) in [5, 5.41) is 2.54. The van der Waals surface area contributed by atoms with Gasteiger partial charge in [-0.3, -0.25) is 9.52 Å². The molecule has 0 aromatic heterocycles. The van der Waals surface area contributed by atoms with Gasteiger partial charge in [-0.1, -0.05) is 19.4 Å². The molecule has 0 spiro atoms. The largest absolute Gasteiger partial charge is 0.444 e. The molecule has 2 N–H and O–H groups in total. The van der Waals surface area contributed by atoms with Crippen molar-refractivity contribution in [1.82, 2.24) is 10.0 Å². The van der Waals surface area contributed by atoms with Gasteiger partial charge < -0.3 is 10.1 Å². The van der Waals surface area contributed by atoms with Gasteiger partial charge in [0, 0.05) is 5.92 Å². The number of hydrogen-bond donors (Lipinski definition) is 2. The second-order valence-electron chi connectivity index (χ2n) is 8.01. The van der Waals surface area contributed by atoms with Crippen LogP contribution in [0, 0.1) is 5.92 Å². The van der Waals surface area contributed by atoms with Gasteiger partial charge in [-0.05, 0) is 46.5 Å². The number of carbonyl (C=O) groups excluding carboxylic acids is 2. The van der Waals surface area contributed by atoms with Crippen LogP contribution >= 0.6 is 0 Å². The third kappa shape index (κ3) is 3.99. The highest BCUT2D eigenvalue weighted by Crippen LogP contribution is 2.48. The van der Waals surface area contributed by atoms with Crippen molar-refractivity contribution in [3.05, 3.63) is 12.7 Å². The average molecular weight is 372 g/mol. The third-order valence-electron chi connectivity index (χ3n) is 4.74. The molecule has 2 saturated carbocycles. The Morgan fingerprint density at radius 2 is 1.92 bits per heavy atom. The van der Waals surface area contributed by atoms with Crippen molar-refractivity contribution in [2.75, 3.05) is 0 Å². The molecule has 8 heteroatoms. The lowest BCUT2D eigenvalue weighted by atomic mass is 10.2. The molecule has 142 valence electrons. The molecule has 0 heterocycles. The van der Waals surface area contributed by atoms with Crippen LogP contribution in [-0.2, 0) is 19.6 Å². The lowest BCUT2D eigenvalue weighted by Crippen LogP contribution is -2.54. The van der Waals surface area contributed by atoms with Crippen molar-refractivity contribution in [3.63, 3.8) is 0 Å². The molecule has 2 aliphatic rings. The minimum atomic E-state index is -3.78. The number of carbonyl (C=O) groups is 2. The van der Waals surface area contributed by atoms with Gasteiger partial charge in [-0.15, -0.1) is 6.58 Å². The standard InChI is InChI=1S/C17H28N2O5S/c1-6-8-16(9-10-16)25(22,23)19-13(20)17(11-12(17)7-2)18-14(21)24-15(3,4)5/h7,12H,2,6,8-11H2,1,3-5H3,(H,18,21)(H,19,20)/t12-,17-/m1/s1. The zero-order valence-electron chi connectivity index (χ0n) is 15.3. The fraction of sp³-hybridized carbons (Fsp3) is 0.765. The normalized spacial score (nSPS) is 27.1. The highest BCUT2D eigenvalue weighted by atomic mass is 32.2. The molecule has 2 atom stereocenters. The Hall–Kier alpha value is -1.57. The molecule has 0 aromatic rings. The number of sulfonamides is 1. The molecule has 0 saturated heterocycles. The summed E-state index contributed by atoms with van der Waals surface area (Å²) in [6.45, 7) is 10.7. The summed E-state index contributed by atoms with van der Waals surface area (Å²) in [6.07, 6.45) is 3.46. The zero-order chi connectivity index (χ0) is 19.1. The van der Waals surface area contributed by atoms with Crippen LogP contribution in [0.25, 0.3) is 0 Å². The predicted molar refractivity (Wildman–Crippen MR) is 94.3 cm³/mol. The topological polar surface area (TPSA) is 102 Å². The van der Waals surface area contributed by atoms with E-state index in [-0.39, 0.29) is 5.92 Å². The Kier molecular flexibility index (Phi) is 4.98. The summed E-state index contributed by atoms with van der Waals surface area (Å²) in [4.78, 5) is 24.7. The van der Waals surface area contributed by atoms with Crippen molar-refractivity contribution in [3.8, 4) is 0 Å². The molecular weight excluding hydrogens is 344 g/mol. The second-order valence-corrected chi connectivity index (χ2v) is 10.1. The van der Waals surface area contributed by atoms with E-state index in [1.54, 1.807) is 26.8 Å². The average Bonchev–Trinajstić information content (AvgIpc) is 3.32. The summed E-state index contributed by atoms with van der Waals surface area (Å²) in [5.74, 6) is -1.04. The van der Waals surface area contributed by atoms with Crippen molar-refractivity contribution in [2.24, 2.45) is 5.92 Å². The quantitative estimate of drug-likeness (QED) is 0.667. The van der Waals surface area contributed by atoms with Crippen LogP contribution in [-0.4, -0.2) is 36.3 Å². The van der Waals surface area contributed by atoms with E-state index in [1.165, 1.54) is 0 Å². The number of hydrogen-bond acceptors (Lipinski definition) is 5. The first kappa shape index (κ1) is 19.8. The maximum Gasteiger partial charge on any atom is 0.408 e. The van der Waals surface area contributed by atoms with Crippen molar-refractivity contribution in [1.29, 1.82) is 0 Å². The van der Waals surface area contributed by atoms with Crippen LogP contribution in [0.4, 0.5) is 4.79 Å². The van der Waals surface area contributed by atoms with Gasteiger partial charge in [0.25, 0.3) is 5.91 Å². The van der Waals surface area contributed by atoms with Gasteiger partial charge in [0.15, 0.2) is 0 Å². The molecule has 0 unspecified atom stereocenters. The van der Waals surface area contributed by atoms with E-state index in [1.807, 2.05) is 6.92 Å². The van der Waals surface area contributed by atoms with Crippen molar-refractivity contribution >= 4 is 22.0 Å². The smallest absolute Gasteiger partial charge is 0.408 e. The predicted octanol–water partition coefficient (Wildman–Crippen LogP) is 2.23. The number of alkyl carbamates (subject to hydrolysis) is 1. The minimum absolute atomic E-state index is 0.303. The van der Waals surface area contributed by atoms with Crippen molar-refractivity contribution in [2.45, 2.75) is 75.7 Å². The minimum Gasteiger partial charge on any atom is -0.444 e. The first-order chi connectivity index (χ1) is 11.4. The van der Waals surface area contributed by atoms with Crippen LogP contribution in [0.2, 0.25) is 0 Å². The molecule has 2 aliphatic carbocycles. The molecule has 2 amide bonds. The van der Waals surface area contributed by atoms with Gasteiger partial charge in [-0.2, -0.15) is 0 Å². The molecular formula is C17H28N2O5S. The molecule has 0 aromatic carbocycles. The van der Waals surface area contributed by atoms with Crippen LogP contribution in [0.3, 0.4) is 0 Å². The van der Waals surface area contributed by atoms with Crippen LogP contribution in [0.5, 0.6) is 0 Å². The monoisotopic (exact) mass is 372 g/mol. The summed E-state index contributed by atoms with van der Waals surface area (Å²) < 4.78 is 31.7. The number of rotatable bonds is 7. The van der Waals surface area contributed by atoms with Gasteiger partial charge >= 0.3 is 6.09 Å². The Bertz CT molecular complexity index is 676. The first-order valence-corrected chi connectivity index (χ1v) is 10.1. The molecule has 2 fully saturated rings. The van der Waals surface area contributed by atoms with E-state index in [0.717, 1.165) is 6.42 Å². The maximum absolute atomic E-state index is 12.7. The Morgan fingerprint density at radius 1 is 1.32 bits per heavy atom. The summed E-state index contributed by atoms with van der Waals surface area (Å²) >= 11 is 0. The first-order valence-electron chi connectivity index (χ1n) is 8.62. The van der Waals surface area contributed by atoms with Gasteiger partial charge in [0.1, 0.15) is 11.1 Å². The van der Waals surface area contributed by atoms with E-state index >= 15 is 0 Å². The number of nitrogens with one attached hydrogen (secondary N) is 2. The van der Waals surface area contributed by atoms with E-state index in [9.17, 15) is 18.0 Å². The summed E-state index contributed by atoms with van der Waals surface area (Å²) in [6, 6.07) is 0. The Morgan fingerprint density at radius 3 is 2.32 bits per heavy atom. The van der Waals surface area contributed by atoms with Crippen LogP contribution < -0.4 is 10.0 Å². The second kappa shape index (κ2) is 6.30. The molecule has 7 nitrogen and oxygen atoms in total. The number of amides is 2. The van der Waals surface area contributed by atoms with Gasteiger partial charge in [-0.25, -0.2) is 13.2 Å². The fourth-order valence-corrected chi connectivity index (χ4v) is 4.84. The number of ether oxygens (including phenoxy) is 1. The van der Waals surface area contributed by atoms with Gasteiger partial charge in [0.05, 0.1) is 4.75 Å². The lowest BCUT2D eigenvalue weighted by molar-refractivity contribution is -0.122. The highest BCUT2D eigenvalue weighted by molar-refractivity contribution is 7.91. The third-order valence-corrected chi connectivity index (χ3v) is 6.95. The van der Waals surface area contributed by atoms with E-state index < -0.39 is 37.9 Å². The maximum atomic E-state index is 12.7. The molecule has 0 bridgehead atoms. The van der Waals surface area contributed by atoms with Crippen LogP contribution in [0.15, 0.2) is 12.7 Å². The molecule has 0 radical (unpaired) electrons. The molecule has 25 heavy (non-hydrogen) atoms. The molecule has 2 rings (SSSR count). The van der Waals surface area contributed by atoms with Gasteiger partial charge in [0.2, 0.25) is 10.0 Å². The van der Waals surface area contributed by atoms with E-state index in [4.69, 9.17) is 4.74 Å². The van der Waals surface area contributed by atoms with E-state index in [2.05, 4.69) is 16.6 Å². The summed E-state index contributed by atoms with van der Waals surface area (Å²) in [5.41, 5.74) is -2.02. The SMILES string of the molecule is C=C[C@@H]1C[C@]1(NC(=O)OC(C)(C)C)C(=O)NS(=O)(=O)C1(CCC)CC1. The molecule has 0 aliphatic heterocycles. The summed E-state index contributed by atoms with van der Waals surface area (Å²) in [7, 11) is -3.78. The Labute approximate surface area is 149 Å². The Balaban J connectivity index is 2.11. The van der Waals surface area contributed by atoms with Crippen LogP contribution in [0.1, 0.15) is 59.8 Å². The van der Waals surface area contributed by atoms with Crippen molar-refractivity contribution < 1.29 is 22.7 Å². The van der Waals surface area contributed by atoms with E-state index in [0.29, 0.717) is 25.7 Å².